The van der Waals surface area contributed by atoms with Crippen molar-refractivity contribution in [2.75, 3.05) is 6.61 Å². The Hall–Kier alpha value is -2.11. The van der Waals surface area contributed by atoms with E-state index in [1.165, 1.54) is 6.08 Å². The van der Waals surface area contributed by atoms with Gasteiger partial charge in [-0.15, -0.1) is 6.58 Å². The average Bonchev–Trinajstić information content (AvgIpc) is 3.32. The number of carbonyl (C=O) groups is 2. The number of amides is 1. The number of aliphatic carboxylic acids is 1. The first-order valence-electron chi connectivity index (χ1n) is 7.91. The molecule has 0 aliphatic heterocycles. The van der Waals surface area contributed by atoms with Crippen LogP contribution in [0.3, 0.4) is 0 Å². The van der Waals surface area contributed by atoms with Gasteiger partial charge in [-0.25, -0.2) is 9.59 Å². The highest BCUT2D eigenvalue weighted by Crippen LogP contribution is 2.57. The van der Waals surface area contributed by atoms with Crippen molar-refractivity contribution in [2.45, 2.75) is 30.8 Å². The first-order valence-corrected chi connectivity index (χ1v) is 8.95. The van der Waals surface area contributed by atoms with Gasteiger partial charge < -0.3 is 24.5 Å². The summed E-state index contributed by atoms with van der Waals surface area (Å²) in [5.74, 6) is -1.73. The number of hydrogen-bond acceptors (Lipinski definition) is 5. The molecule has 4 unspecified atom stereocenters. The highest BCUT2D eigenvalue weighted by molar-refractivity contribution is 7.27. The van der Waals surface area contributed by atoms with E-state index in [1.807, 2.05) is 18.2 Å². The fraction of sp³-hybridized carbons (Fsp3) is 0.412. The summed E-state index contributed by atoms with van der Waals surface area (Å²) in [6, 6.07) is 9.08. The molecule has 0 bridgehead atoms. The van der Waals surface area contributed by atoms with Crippen molar-refractivity contribution in [2.24, 2.45) is 5.92 Å². The molecule has 0 saturated heterocycles. The summed E-state index contributed by atoms with van der Waals surface area (Å²) >= 11 is 0. The second-order valence-corrected chi connectivity index (χ2v) is 6.84. The molecular weight excluding hydrogens is 345 g/mol. The van der Waals surface area contributed by atoms with Crippen molar-refractivity contribution in [3.8, 4) is 0 Å². The lowest BCUT2D eigenvalue weighted by molar-refractivity contribution is -0.158. The van der Waals surface area contributed by atoms with E-state index in [4.69, 9.17) is 9.47 Å². The minimum Gasteiger partial charge on any atom is -0.479 e. The molecule has 1 aliphatic rings. The van der Waals surface area contributed by atoms with Gasteiger partial charge in [0.25, 0.3) is 0 Å². The summed E-state index contributed by atoms with van der Waals surface area (Å²) in [7, 11) is -1.86. The third kappa shape index (κ3) is 3.62. The number of nitrogens with one attached hydrogen (secondary N) is 1. The molecule has 1 amide bonds. The maximum atomic E-state index is 12.2. The second kappa shape index (κ2) is 7.85. The number of carbonyl (C=O) groups excluding carboxylic acids is 1. The van der Waals surface area contributed by atoms with E-state index < -0.39 is 31.4 Å². The largest absolute Gasteiger partial charge is 0.479 e. The maximum Gasteiger partial charge on any atom is 0.408 e. The summed E-state index contributed by atoms with van der Waals surface area (Å²) < 4.78 is 22.4. The number of benzene rings is 1. The molecule has 2 N–H and O–H groups in total. The van der Waals surface area contributed by atoms with Crippen molar-refractivity contribution in [3.05, 3.63) is 48.6 Å². The molecule has 1 fully saturated rings. The van der Waals surface area contributed by atoms with Gasteiger partial charge in [0.1, 0.15) is 15.1 Å². The third-order valence-corrected chi connectivity index (χ3v) is 5.62. The zero-order chi connectivity index (χ0) is 18.5. The topological polar surface area (TPSA) is 102 Å². The van der Waals surface area contributed by atoms with Crippen molar-refractivity contribution in [3.63, 3.8) is 0 Å². The van der Waals surface area contributed by atoms with Crippen LogP contribution in [-0.2, 0) is 25.4 Å². The Morgan fingerprint density at radius 1 is 1.48 bits per heavy atom. The van der Waals surface area contributed by atoms with E-state index in [1.54, 1.807) is 19.1 Å². The summed E-state index contributed by atoms with van der Waals surface area (Å²) in [4.78, 5) is 24.0. The van der Waals surface area contributed by atoms with Crippen LogP contribution in [0.15, 0.2) is 43.0 Å². The molecule has 25 heavy (non-hydrogen) atoms. The first kappa shape index (κ1) is 19.2. The number of alkyl carbamates (subject to hydrolysis) is 1. The Bertz CT molecular complexity index is 666. The second-order valence-electron chi connectivity index (χ2n) is 5.80. The van der Waals surface area contributed by atoms with Crippen LogP contribution in [0.4, 0.5) is 4.79 Å². The number of carboxylic acid groups (broad SMARTS) is 1. The van der Waals surface area contributed by atoms with E-state index in [9.17, 15) is 19.3 Å². The molecule has 1 saturated carbocycles. The minimum absolute atomic E-state index is 0.0421. The molecule has 1 aliphatic carbocycles. The van der Waals surface area contributed by atoms with Crippen LogP contribution in [-0.4, -0.2) is 34.7 Å². The van der Waals surface area contributed by atoms with Gasteiger partial charge >= 0.3 is 12.1 Å². The van der Waals surface area contributed by atoms with Crippen molar-refractivity contribution in [1.82, 2.24) is 5.32 Å². The van der Waals surface area contributed by atoms with Crippen molar-refractivity contribution in [1.29, 1.82) is 0 Å². The number of rotatable bonds is 9. The van der Waals surface area contributed by atoms with E-state index in [0.29, 0.717) is 0 Å². The van der Waals surface area contributed by atoms with Crippen LogP contribution in [0.1, 0.15) is 18.9 Å². The molecule has 2 rings (SSSR count). The number of hydrogen-bond donors (Lipinski definition) is 2. The van der Waals surface area contributed by atoms with E-state index >= 15 is 0 Å². The van der Waals surface area contributed by atoms with E-state index in [-0.39, 0.29) is 25.6 Å². The Morgan fingerprint density at radius 2 is 2.16 bits per heavy atom. The van der Waals surface area contributed by atoms with Crippen molar-refractivity contribution < 1.29 is 28.7 Å². The zero-order valence-corrected chi connectivity index (χ0v) is 15.1. The Balaban J connectivity index is 2.16. The smallest absolute Gasteiger partial charge is 0.408 e. The first-order chi connectivity index (χ1) is 12.0. The Morgan fingerprint density at radius 3 is 2.64 bits per heavy atom. The lowest BCUT2D eigenvalue weighted by atomic mass is 10.0. The zero-order valence-electron chi connectivity index (χ0n) is 13.9. The molecule has 7 nitrogen and oxygen atoms in total. The van der Waals surface area contributed by atoms with Crippen LogP contribution < -0.4 is 5.32 Å². The molecule has 4 atom stereocenters. The Labute approximate surface area is 147 Å². The highest BCUT2D eigenvalue weighted by atomic mass is 31.1. The lowest BCUT2D eigenvalue weighted by Crippen LogP contribution is -2.59. The summed E-state index contributed by atoms with van der Waals surface area (Å²) in [6.07, 6.45) is 1.02. The molecular formula is C17H22NO6P. The number of ether oxygens (including phenoxy) is 2. The minimum atomic E-state index is -1.98. The predicted molar refractivity (Wildman–Crippen MR) is 93.2 cm³/mol. The van der Waals surface area contributed by atoms with Gasteiger partial charge in [-0.2, -0.15) is 0 Å². The SMILES string of the molecule is C=CC1CC1(NC(=O)OCc1ccccc1)C(OCC)([PH2]=O)C(=O)O. The average molecular weight is 367 g/mol. The van der Waals surface area contributed by atoms with Gasteiger partial charge in [-0.3, -0.25) is 0 Å². The van der Waals surface area contributed by atoms with Crippen molar-refractivity contribution >= 4 is 20.5 Å². The molecule has 8 heteroatoms. The van der Waals surface area contributed by atoms with Crippen LogP contribution in [0.25, 0.3) is 0 Å². The van der Waals surface area contributed by atoms with Crippen LogP contribution >= 0.6 is 8.46 Å². The lowest BCUT2D eigenvalue weighted by Gasteiger charge is -2.34. The van der Waals surface area contributed by atoms with Gasteiger partial charge in [0.15, 0.2) is 0 Å². The van der Waals surface area contributed by atoms with Crippen LogP contribution in [0.2, 0.25) is 0 Å². The summed E-state index contributed by atoms with van der Waals surface area (Å²) in [5.41, 5.74) is -0.520. The monoisotopic (exact) mass is 367 g/mol. The molecule has 0 spiro atoms. The molecule has 1 aromatic carbocycles. The van der Waals surface area contributed by atoms with Gasteiger partial charge in [0.2, 0.25) is 5.34 Å². The van der Waals surface area contributed by atoms with Gasteiger partial charge in [-0.1, -0.05) is 36.4 Å². The maximum absolute atomic E-state index is 12.2. The standard InChI is InChI=1S/C17H22NO6P/c1-3-13-10-16(13,17(25-22,14(19)20)24-4-2)18-15(21)23-11-12-8-6-5-7-9-12/h3,5-9,13H,1,4,10-11,25H2,2H3,(H,18,21)(H,19,20). The Kier molecular flexibility index (Phi) is 6.03. The molecule has 136 valence electrons. The molecule has 0 aromatic heterocycles. The van der Waals surface area contributed by atoms with Gasteiger partial charge in [0, 0.05) is 12.5 Å². The summed E-state index contributed by atoms with van der Waals surface area (Å²) in [5, 5.41) is 10.2. The highest BCUT2D eigenvalue weighted by Gasteiger charge is 2.71. The summed E-state index contributed by atoms with van der Waals surface area (Å²) in [6.45, 7) is 5.35. The van der Waals surface area contributed by atoms with Crippen LogP contribution in [0.5, 0.6) is 0 Å². The van der Waals surface area contributed by atoms with Gasteiger partial charge in [-0.05, 0) is 18.9 Å². The molecule has 1 aromatic rings. The quantitative estimate of drug-likeness (QED) is 0.513. The van der Waals surface area contributed by atoms with E-state index in [0.717, 1.165) is 5.56 Å². The fourth-order valence-corrected chi connectivity index (χ4v) is 3.93. The molecule has 0 heterocycles. The normalized spacial score (nSPS) is 24.4. The molecule has 0 radical (unpaired) electrons. The number of carboxylic acids is 1. The third-order valence-electron chi connectivity index (χ3n) is 4.36. The predicted octanol–water partition coefficient (Wildman–Crippen LogP) is 2.43. The van der Waals surface area contributed by atoms with E-state index in [2.05, 4.69) is 11.9 Å². The van der Waals surface area contributed by atoms with Crippen LogP contribution in [0, 0.1) is 5.92 Å². The van der Waals surface area contributed by atoms with Gasteiger partial charge in [0.05, 0.1) is 5.54 Å². The fourth-order valence-electron chi connectivity index (χ4n) is 2.98.